The van der Waals surface area contributed by atoms with Crippen LogP contribution in [0, 0.1) is 0 Å². The molecule has 5 heteroatoms. The van der Waals surface area contributed by atoms with Gasteiger partial charge in [0.1, 0.15) is 5.75 Å². The van der Waals surface area contributed by atoms with Crippen molar-refractivity contribution in [1.29, 1.82) is 0 Å². The van der Waals surface area contributed by atoms with Gasteiger partial charge in [0.25, 0.3) is 0 Å². The fourth-order valence-electron chi connectivity index (χ4n) is 3.90. The first-order valence-corrected chi connectivity index (χ1v) is 9.62. The molecule has 0 N–H and O–H groups in total. The van der Waals surface area contributed by atoms with E-state index < -0.39 is 0 Å². The smallest absolute Gasteiger partial charge is 0.224 e. The highest BCUT2D eigenvalue weighted by molar-refractivity contribution is 5.95. The van der Waals surface area contributed by atoms with Crippen molar-refractivity contribution in [3.8, 4) is 16.9 Å². The van der Waals surface area contributed by atoms with Crippen molar-refractivity contribution in [2.75, 3.05) is 4.90 Å². The van der Waals surface area contributed by atoms with Crippen LogP contribution in [0.4, 0.5) is 5.69 Å². The summed E-state index contributed by atoms with van der Waals surface area (Å²) in [6.07, 6.45) is 8.43. The molecule has 1 atom stereocenters. The Morgan fingerprint density at radius 2 is 2.04 bits per heavy atom. The number of benzene rings is 1. The Balaban J connectivity index is 1.83. The van der Waals surface area contributed by atoms with Crippen molar-refractivity contribution in [2.24, 2.45) is 0 Å². The molecule has 138 valence electrons. The normalized spacial score (nSPS) is 19.6. The van der Waals surface area contributed by atoms with Crippen LogP contribution < -0.4 is 9.64 Å². The Kier molecular flexibility index (Phi) is 4.25. The van der Waals surface area contributed by atoms with E-state index in [1.54, 1.807) is 6.92 Å². The summed E-state index contributed by atoms with van der Waals surface area (Å²) >= 11 is 0. The van der Waals surface area contributed by atoms with Gasteiger partial charge in [0.05, 0.1) is 24.0 Å². The molecule has 1 amide bonds. The van der Waals surface area contributed by atoms with Crippen LogP contribution >= 0.6 is 0 Å². The number of aromatic nitrogens is 2. The molecular weight excluding hydrogens is 326 g/mol. The lowest BCUT2D eigenvalue weighted by Gasteiger charge is -2.36. The first kappa shape index (κ1) is 17.1. The van der Waals surface area contributed by atoms with E-state index in [0.717, 1.165) is 41.0 Å². The van der Waals surface area contributed by atoms with Gasteiger partial charge in [0.2, 0.25) is 5.91 Å². The lowest BCUT2D eigenvalue weighted by Crippen LogP contribution is -2.40. The van der Waals surface area contributed by atoms with Gasteiger partial charge in [0, 0.05) is 35.9 Å². The molecule has 0 bridgehead atoms. The zero-order valence-electron chi connectivity index (χ0n) is 16.0. The van der Waals surface area contributed by atoms with E-state index in [1.807, 2.05) is 24.9 Å². The molecule has 1 saturated carbocycles. The van der Waals surface area contributed by atoms with Gasteiger partial charge in [-0.15, -0.1) is 0 Å². The second-order valence-electron chi connectivity index (χ2n) is 7.82. The van der Waals surface area contributed by atoms with Crippen molar-refractivity contribution in [3.63, 3.8) is 0 Å². The fraction of sp³-hybridized carbons (Fsp3) is 0.524. The SMILES string of the molecule is CC(=O)N1c2ccc(-c3cnn(C4CC4)c3)c(OC(C)C)c2CCC1C. The Bertz CT molecular complexity index is 836. The molecular formula is C21H27N3O2. The second kappa shape index (κ2) is 6.45. The molecule has 5 nitrogen and oxygen atoms in total. The number of nitrogens with zero attached hydrogens (tertiary/aromatic N) is 3. The number of anilines is 1. The Hall–Kier alpha value is -2.30. The molecule has 1 fully saturated rings. The van der Waals surface area contributed by atoms with Crippen LogP contribution in [0.25, 0.3) is 11.1 Å². The Morgan fingerprint density at radius 1 is 1.27 bits per heavy atom. The maximum atomic E-state index is 12.2. The monoisotopic (exact) mass is 353 g/mol. The van der Waals surface area contributed by atoms with Crippen LogP contribution in [0.5, 0.6) is 5.75 Å². The number of carbonyl (C=O) groups excluding carboxylic acids is 1. The standard InChI is InChI=1S/C21H27N3O2/c1-13(2)26-21-18(16-11-22-23(12-16)17-6-7-17)9-10-20-19(21)8-5-14(3)24(20)15(4)25/h9-14,17H,5-8H2,1-4H3. The van der Waals surface area contributed by atoms with Gasteiger partial charge >= 0.3 is 0 Å². The number of amides is 1. The van der Waals surface area contributed by atoms with E-state index in [1.165, 1.54) is 12.8 Å². The summed E-state index contributed by atoms with van der Waals surface area (Å²) < 4.78 is 8.34. The van der Waals surface area contributed by atoms with E-state index in [4.69, 9.17) is 4.74 Å². The molecule has 1 aliphatic heterocycles. The van der Waals surface area contributed by atoms with Crippen LogP contribution in [-0.2, 0) is 11.2 Å². The maximum absolute atomic E-state index is 12.2. The summed E-state index contributed by atoms with van der Waals surface area (Å²) in [5.41, 5.74) is 4.29. The molecule has 1 aromatic carbocycles. The van der Waals surface area contributed by atoms with Crippen LogP contribution in [0.1, 0.15) is 58.6 Å². The molecule has 0 saturated heterocycles. The minimum absolute atomic E-state index is 0.0730. The minimum atomic E-state index is 0.0730. The molecule has 0 spiro atoms. The van der Waals surface area contributed by atoms with Crippen molar-refractivity contribution in [3.05, 3.63) is 30.1 Å². The molecule has 2 aliphatic rings. The van der Waals surface area contributed by atoms with Gasteiger partial charge in [-0.05, 0) is 58.6 Å². The Morgan fingerprint density at radius 3 is 2.69 bits per heavy atom. The van der Waals surface area contributed by atoms with E-state index in [9.17, 15) is 4.79 Å². The molecule has 4 rings (SSSR count). The highest BCUT2D eigenvalue weighted by atomic mass is 16.5. The minimum Gasteiger partial charge on any atom is -0.490 e. The van der Waals surface area contributed by atoms with Gasteiger partial charge in [-0.2, -0.15) is 5.10 Å². The lowest BCUT2D eigenvalue weighted by atomic mass is 9.92. The van der Waals surface area contributed by atoms with Gasteiger partial charge in [-0.1, -0.05) is 0 Å². The first-order valence-electron chi connectivity index (χ1n) is 9.62. The zero-order chi connectivity index (χ0) is 18.4. The van der Waals surface area contributed by atoms with E-state index in [2.05, 4.69) is 35.0 Å². The van der Waals surface area contributed by atoms with Gasteiger partial charge in [0.15, 0.2) is 0 Å². The zero-order valence-corrected chi connectivity index (χ0v) is 16.0. The van der Waals surface area contributed by atoms with Crippen LogP contribution in [0.3, 0.4) is 0 Å². The summed E-state index contributed by atoms with van der Waals surface area (Å²) in [7, 11) is 0. The van der Waals surface area contributed by atoms with Gasteiger partial charge in [-0.3, -0.25) is 9.48 Å². The summed E-state index contributed by atoms with van der Waals surface area (Å²) in [6, 6.07) is 4.93. The number of fused-ring (bicyclic) bond motifs is 1. The van der Waals surface area contributed by atoms with Gasteiger partial charge in [-0.25, -0.2) is 0 Å². The topological polar surface area (TPSA) is 47.4 Å². The second-order valence-corrected chi connectivity index (χ2v) is 7.82. The average molecular weight is 353 g/mol. The third-order valence-electron chi connectivity index (χ3n) is 5.27. The summed E-state index contributed by atoms with van der Waals surface area (Å²) in [5.74, 6) is 0.995. The summed E-state index contributed by atoms with van der Waals surface area (Å²) in [5, 5.41) is 4.54. The molecule has 1 unspecified atom stereocenters. The van der Waals surface area contributed by atoms with Crippen LogP contribution in [-0.4, -0.2) is 27.8 Å². The van der Waals surface area contributed by atoms with Gasteiger partial charge < -0.3 is 9.64 Å². The number of rotatable bonds is 4. The molecule has 2 heterocycles. The first-order chi connectivity index (χ1) is 12.5. The fourth-order valence-corrected chi connectivity index (χ4v) is 3.90. The van der Waals surface area contributed by atoms with Crippen LogP contribution in [0.15, 0.2) is 24.5 Å². The molecule has 26 heavy (non-hydrogen) atoms. The number of hydrogen-bond donors (Lipinski definition) is 0. The molecule has 0 radical (unpaired) electrons. The lowest BCUT2D eigenvalue weighted by molar-refractivity contribution is -0.117. The van der Waals surface area contributed by atoms with E-state index in [0.29, 0.717) is 6.04 Å². The largest absolute Gasteiger partial charge is 0.490 e. The average Bonchev–Trinajstić information content (AvgIpc) is 3.32. The molecule has 1 aliphatic carbocycles. The highest BCUT2D eigenvalue weighted by Crippen LogP contribution is 2.44. The van der Waals surface area contributed by atoms with Crippen molar-refractivity contribution in [2.45, 2.75) is 71.6 Å². The third-order valence-corrected chi connectivity index (χ3v) is 5.27. The predicted molar refractivity (Wildman–Crippen MR) is 103 cm³/mol. The quantitative estimate of drug-likeness (QED) is 0.820. The number of ether oxygens (including phenoxy) is 1. The van der Waals surface area contributed by atoms with Crippen molar-refractivity contribution < 1.29 is 9.53 Å². The molecule has 1 aromatic heterocycles. The predicted octanol–water partition coefficient (Wildman–Crippen LogP) is 4.36. The number of hydrogen-bond acceptors (Lipinski definition) is 3. The highest BCUT2D eigenvalue weighted by Gasteiger charge is 2.31. The number of carbonyl (C=O) groups is 1. The van der Waals surface area contributed by atoms with Crippen molar-refractivity contribution in [1.82, 2.24) is 9.78 Å². The summed E-state index contributed by atoms with van der Waals surface area (Å²) in [4.78, 5) is 14.1. The van der Waals surface area contributed by atoms with Crippen LogP contribution in [0.2, 0.25) is 0 Å². The maximum Gasteiger partial charge on any atom is 0.224 e. The molecule has 2 aromatic rings. The van der Waals surface area contributed by atoms with E-state index in [-0.39, 0.29) is 18.1 Å². The Labute approximate surface area is 154 Å². The summed E-state index contributed by atoms with van der Waals surface area (Å²) in [6.45, 7) is 7.85. The third kappa shape index (κ3) is 3.00. The van der Waals surface area contributed by atoms with Crippen molar-refractivity contribution >= 4 is 11.6 Å². The van der Waals surface area contributed by atoms with E-state index >= 15 is 0 Å².